The van der Waals surface area contributed by atoms with E-state index < -0.39 is 0 Å². The summed E-state index contributed by atoms with van der Waals surface area (Å²) in [5.41, 5.74) is 1.53. The maximum atomic E-state index is 12.0. The number of aryl methyl sites for hydroxylation is 2. The number of rotatable bonds is 4. The molecule has 0 atom stereocenters. The summed E-state index contributed by atoms with van der Waals surface area (Å²) in [6.07, 6.45) is 4.80. The van der Waals surface area contributed by atoms with E-state index in [0.29, 0.717) is 11.3 Å². The molecular weight excluding hydrogens is 228 g/mol. The average molecular weight is 244 g/mol. The molecule has 0 amide bonds. The normalized spacial score (nSPS) is 11.3. The number of allylic oxidation sites excluding steroid dienone is 1. The lowest BCUT2D eigenvalue weighted by Gasteiger charge is -1.99. The van der Waals surface area contributed by atoms with Gasteiger partial charge in [-0.15, -0.1) is 0 Å². The second-order valence-corrected chi connectivity index (χ2v) is 4.11. The minimum atomic E-state index is -0.0544. The Morgan fingerprint density at radius 2 is 2.22 bits per heavy atom. The molecule has 2 rings (SSSR count). The van der Waals surface area contributed by atoms with Crippen molar-refractivity contribution in [2.24, 2.45) is 0 Å². The summed E-state index contributed by atoms with van der Waals surface area (Å²) in [5.74, 6) is 1.46. The van der Waals surface area contributed by atoms with Crippen LogP contribution in [0.2, 0.25) is 0 Å². The number of nitrogens with zero attached hydrogens (tertiary/aromatic N) is 2. The highest BCUT2D eigenvalue weighted by atomic mass is 16.3. The predicted octanol–water partition coefficient (Wildman–Crippen LogP) is 3.01. The van der Waals surface area contributed by atoms with Gasteiger partial charge in [0.1, 0.15) is 11.5 Å². The molecule has 0 N–H and O–H groups in total. The number of hydrogen-bond acceptors (Lipinski definition) is 3. The van der Waals surface area contributed by atoms with Crippen molar-refractivity contribution in [3.05, 3.63) is 47.2 Å². The Kier molecular flexibility index (Phi) is 3.46. The smallest absolute Gasteiger partial charge is 0.189 e. The standard InChI is InChI=1S/C14H16N2O2/c1-4-16-11(3)13(9-15-16)14(17)8-7-12-6-5-10(2)18-12/h5-9H,4H2,1-3H3/b8-7+. The van der Waals surface area contributed by atoms with E-state index in [1.807, 2.05) is 32.9 Å². The first-order chi connectivity index (χ1) is 8.61. The third kappa shape index (κ3) is 2.42. The molecule has 4 nitrogen and oxygen atoms in total. The van der Waals surface area contributed by atoms with E-state index in [2.05, 4.69) is 5.10 Å². The summed E-state index contributed by atoms with van der Waals surface area (Å²) < 4.78 is 7.17. The molecule has 18 heavy (non-hydrogen) atoms. The lowest BCUT2D eigenvalue weighted by atomic mass is 10.1. The van der Waals surface area contributed by atoms with Crippen LogP contribution in [0.3, 0.4) is 0 Å². The van der Waals surface area contributed by atoms with E-state index in [1.54, 1.807) is 17.0 Å². The molecular formula is C14H16N2O2. The number of ketones is 1. The van der Waals surface area contributed by atoms with Gasteiger partial charge >= 0.3 is 0 Å². The molecule has 0 aliphatic rings. The van der Waals surface area contributed by atoms with Crippen LogP contribution >= 0.6 is 0 Å². The van der Waals surface area contributed by atoms with Crippen LogP contribution in [0, 0.1) is 13.8 Å². The molecule has 4 heteroatoms. The van der Waals surface area contributed by atoms with Crippen LogP contribution in [0.5, 0.6) is 0 Å². The monoisotopic (exact) mass is 244 g/mol. The fourth-order valence-electron chi connectivity index (χ4n) is 1.80. The summed E-state index contributed by atoms with van der Waals surface area (Å²) >= 11 is 0. The topological polar surface area (TPSA) is 48.0 Å². The molecule has 0 radical (unpaired) electrons. The quantitative estimate of drug-likeness (QED) is 0.613. The third-order valence-corrected chi connectivity index (χ3v) is 2.83. The minimum absolute atomic E-state index is 0.0544. The minimum Gasteiger partial charge on any atom is -0.462 e. The first-order valence-corrected chi connectivity index (χ1v) is 5.93. The van der Waals surface area contributed by atoms with Gasteiger partial charge < -0.3 is 4.42 Å². The van der Waals surface area contributed by atoms with Gasteiger partial charge in [-0.2, -0.15) is 5.10 Å². The zero-order valence-electron chi connectivity index (χ0n) is 10.8. The van der Waals surface area contributed by atoms with Gasteiger partial charge in [0, 0.05) is 12.2 Å². The molecule has 0 aliphatic heterocycles. The van der Waals surface area contributed by atoms with Crippen molar-refractivity contribution in [2.45, 2.75) is 27.3 Å². The van der Waals surface area contributed by atoms with E-state index in [9.17, 15) is 4.79 Å². The lowest BCUT2D eigenvalue weighted by Crippen LogP contribution is -2.01. The molecule has 2 aromatic rings. The zero-order chi connectivity index (χ0) is 13.1. The molecule has 0 aliphatic carbocycles. The van der Waals surface area contributed by atoms with Gasteiger partial charge in [0.15, 0.2) is 5.78 Å². The SMILES string of the molecule is CCn1ncc(C(=O)/C=C/c2ccc(C)o2)c1C. The maximum Gasteiger partial charge on any atom is 0.189 e. The van der Waals surface area contributed by atoms with E-state index >= 15 is 0 Å². The largest absolute Gasteiger partial charge is 0.462 e. The molecule has 2 heterocycles. The number of hydrogen-bond donors (Lipinski definition) is 0. The number of carbonyl (C=O) groups excluding carboxylic acids is 1. The fourth-order valence-corrected chi connectivity index (χ4v) is 1.80. The summed E-state index contributed by atoms with van der Waals surface area (Å²) in [5, 5.41) is 4.15. The Hall–Kier alpha value is -2.10. The van der Waals surface area contributed by atoms with Gasteiger partial charge in [0.25, 0.3) is 0 Å². The summed E-state index contributed by atoms with van der Waals surface area (Å²) in [4.78, 5) is 12.0. The molecule has 0 saturated heterocycles. The molecule has 0 aromatic carbocycles. The molecule has 94 valence electrons. The molecule has 0 unspecified atom stereocenters. The van der Waals surface area contributed by atoms with Crippen LogP contribution in [0.1, 0.15) is 34.5 Å². The van der Waals surface area contributed by atoms with Crippen molar-refractivity contribution in [3.63, 3.8) is 0 Å². The Bertz CT molecular complexity index is 591. The molecule has 0 saturated carbocycles. The summed E-state index contributed by atoms with van der Waals surface area (Å²) in [6, 6.07) is 3.70. The Morgan fingerprint density at radius 1 is 1.44 bits per heavy atom. The van der Waals surface area contributed by atoms with E-state index in [-0.39, 0.29) is 5.78 Å². The zero-order valence-corrected chi connectivity index (χ0v) is 10.8. The van der Waals surface area contributed by atoms with E-state index in [0.717, 1.165) is 18.0 Å². The Labute approximate surface area is 106 Å². The van der Waals surface area contributed by atoms with Crippen LogP contribution in [0.4, 0.5) is 0 Å². The van der Waals surface area contributed by atoms with E-state index in [1.165, 1.54) is 6.08 Å². The number of carbonyl (C=O) groups is 1. The van der Waals surface area contributed by atoms with Crippen molar-refractivity contribution in [2.75, 3.05) is 0 Å². The van der Waals surface area contributed by atoms with Gasteiger partial charge in [-0.1, -0.05) is 0 Å². The maximum absolute atomic E-state index is 12.0. The second-order valence-electron chi connectivity index (χ2n) is 4.11. The first-order valence-electron chi connectivity index (χ1n) is 5.93. The van der Waals surface area contributed by atoms with Crippen molar-refractivity contribution in [3.8, 4) is 0 Å². The lowest BCUT2D eigenvalue weighted by molar-refractivity contribution is 0.104. The van der Waals surface area contributed by atoms with Crippen molar-refractivity contribution < 1.29 is 9.21 Å². The predicted molar refractivity (Wildman–Crippen MR) is 69.4 cm³/mol. The van der Waals surface area contributed by atoms with Crippen LogP contribution in [0.15, 0.2) is 28.8 Å². The number of furan rings is 1. The summed E-state index contributed by atoms with van der Waals surface area (Å²) in [6.45, 7) is 6.53. The fraction of sp³-hybridized carbons (Fsp3) is 0.286. The summed E-state index contributed by atoms with van der Waals surface area (Å²) in [7, 11) is 0. The van der Waals surface area contributed by atoms with Crippen LogP contribution in [0.25, 0.3) is 6.08 Å². The van der Waals surface area contributed by atoms with Crippen molar-refractivity contribution in [1.82, 2.24) is 9.78 Å². The van der Waals surface area contributed by atoms with Gasteiger partial charge in [-0.05, 0) is 45.1 Å². The van der Waals surface area contributed by atoms with Gasteiger partial charge in [0.2, 0.25) is 0 Å². The highest BCUT2D eigenvalue weighted by molar-refractivity contribution is 6.07. The van der Waals surface area contributed by atoms with Gasteiger partial charge in [-0.3, -0.25) is 9.48 Å². The number of aromatic nitrogens is 2. The highest BCUT2D eigenvalue weighted by Gasteiger charge is 2.10. The highest BCUT2D eigenvalue weighted by Crippen LogP contribution is 2.12. The molecule has 0 bridgehead atoms. The van der Waals surface area contributed by atoms with Crippen molar-refractivity contribution >= 4 is 11.9 Å². The average Bonchev–Trinajstić information content (AvgIpc) is 2.92. The molecule has 0 fully saturated rings. The van der Waals surface area contributed by atoms with Crippen LogP contribution < -0.4 is 0 Å². The Morgan fingerprint density at radius 3 is 2.78 bits per heavy atom. The molecule has 0 spiro atoms. The van der Waals surface area contributed by atoms with Gasteiger partial charge in [0.05, 0.1) is 11.8 Å². The molecule has 2 aromatic heterocycles. The second kappa shape index (κ2) is 5.04. The Balaban J connectivity index is 2.17. The third-order valence-electron chi connectivity index (χ3n) is 2.83. The van der Waals surface area contributed by atoms with E-state index in [4.69, 9.17) is 4.42 Å². The van der Waals surface area contributed by atoms with Crippen LogP contribution in [-0.2, 0) is 6.54 Å². The first kappa shape index (κ1) is 12.4. The van der Waals surface area contributed by atoms with Crippen molar-refractivity contribution in [1.29, 1.82) is 0 Å². The van der Waals surface area contributed by atoms with Gasteiger partial charge in [-0.25, -0.2) is 0 Å². The van der Waals surface area contributed by atoms with Crippen LogP contribution in [-0.4, -0.2) is 15.6 Å².